The van der Waals surface area contributed by atoms with Crippen LogP contribution in [0.4, 0.5) is 0 Å². The molecule has 5 heteroatoms. The maximum Gasteiger partial charge on any atom is 0.162 e. The van der Waals surface area contributed by atoms with Crippen molar-refractivity contribution in [1.82, 2.24) is 9.78 Å². The van der Waals surface area contributed by atoms with Crippen LogP contribution >= 0.6 is 11.8 Å². The molecule has 0 bridgehead atoms. The van der Waals surface area contributed by atoms with Gasteiger partial charge in [-0.05, 0) is 32.9 Å². The number of nitrogens with zero attached hydrogens (tertiary/aromatic N) is 2. The largest absolute Gasteiger partial charge is 0.493 e. The summed E-state index contributed by atoms with van der Waals surface area (Å²) in [6.07, 6.45) is 1.05. The number of thioether (sulfide) groups is 1. The average molecular weight is 306 g/mol. The maximum absolute atomic E-state index is 10.5. The maximum atomic E-state index is 10.5. The van der Waals surface area contributed by atoms with Gasteiger partial charge in [-0.1, -0.05) is 17.7 Å². The number of methoxy groups -OCH3 is 1. The number of aryl methyl sites for hydroxylation is 1. The van der Waals surface area contributed by atoms with Crippen LogP contribution in [0.5, 0.6) is 5.75 Å². The zero-order chi connectivity index (χ0) is 15.4. The van der Waals surface area contributed by atoms with Gasteiger partial charge in [-0.25, -0.2) is 0 Å². The number of aliphatic hydroxyl groups excluding tert-OH is 1. The summed E-state index contributed by atoms with van der Waals surface area (Å²) in [4.78, 5) is 1.16. The Balaban J connectivity index is 2.13. The molecule has 2 rings (SSSR count). The first kappa shape index (κ1) is 15.9. The molecule has 0 saturated carbocycles. The van der Waals surface area contributed by atoms with E-state index in [9.17, 15) is 5.11 Å². The average Bonchev–Trinajstić information content (AvgIpc) is 2.89. The Morgan fingerprint density at radius 2 is 2.14 bits per heavy atom. The summed E-state index contributed by atoms with van der Waals surface area (Å²) >= 11 is 1.63. The van der Waals surface area contributed by atoms with Crippen LogP contribution in [0.1, 0.15) is 37.3 Å². The summed E-state index contributed by atoms with van der Waals surface area (Å²) in [6, 6.07) is 8.46. The van der Waals surface area contributed by atoms with Crippen LogP contribution in [-0.4, -0.2) is 27.7 Å². The van der Waals surface area contributed by atoms with Crippen LogP contribution in [0.2, 0.25) is 0 Å². The number of rotatable bonds is 6. The van der Waals surface area contributed by atoms with E-state index in [1.54, 1.807) is 25.1 Å². The van der Waals surface area contributed by atoms with E-state index in [2.05, 4.69) is 30.2 Å². The third kappa shape index (κ3) is 3.80. The van der Waals surface area contributed by atoms with Gasteiger partial charge in [0.1, 0.15) is 11.8 Å². The van der Waals surface area contributed by atoms with Crippen molar-refractivity contribution in [3.8, 4) is 5.75 Å². The Morgan fingerprint density at radius 1 is 1.38 bits per heavy atom. The second kappa shape index (κ2) is 7.00. The zero-order valence-electron chi connectivity index (χ0n) is 12.9. The number of ether oxygens (including phenoxy) is 1. The van der Waals surface area contributed by atoms with Gasteiger partial charge in [0.15, 0.2) is 5.75 Å². The fourth-order valence-corrected chi connectivity index (χ4v) is 3.15. The lowest BCUT2D eigenvalue weighted by Crippen LogP contribution is -2.13. The first-order valence-corrected chi connectivity index (χ1v) is 8.00. The van der Waals surface area contributed by atoms with Crippen molar-refractivity contribution in [2.45, 2.75) is 37.8 Å². The minimum Gasteiger partial charge on any atom is -0.493 e. The lowest BCUT2D eigenvalue weighted by molar-refractivity contribution is 0.184. The topological polar surface area (TPSA) is 47.3 Å². The molecule has 0 aliphatic heterocycles. The van der Waals surface area contributed by atoms with Crippen LogP contribution in [0.3, 0.4) is 0 Å². The molecule has 0 fully saturated rings. The summed E-state index contributed by atoms with van der Waals surface area (Å²) in [7, 11) is 1.60. The summed E-state index contributed by atoms with van der Waals surface area (Å²) in [6.45, 7) is 6.14. The van der Waals surface area contributed by atoms with Gasteiger partial charge in [0, 0.05) is 16.7 Å². The fraction of sp³-hybridized carbons (Fsp3) is 0.438. The summed E-state index contributed by atoms with van der Waals surface area (Å²) < 4.78 is 7.14. The molecule has 4 nitrogen and oxygen atoms in total. The van der Waals surface area contributed by atoms with Gasteiger partial charge in [-0.15, -0.1) is 11.8 Å². The molecule has 1 N–H and O–H groups in total. The molecule has 1 atom stereocenters. The van der Waals surface area contributed by atoms with Gasteiger partial charge in [0.2, 0.25) is 0 Å². The molecular weight excluding hydrogens is 284 g/mol. The SMILES string of the molecule is COc1cnn(C(C)C)c1C(O)CSc1cccc(C)c1. The number of benzene rings is 1. The highest BCUT2D eigenvalue weighted by molar-refractivity contribution is 7.99. The Morgan fingerprint density at radius 3 is 2.76 bits per heavy atom. The van der Waals surface area contributed by atoms with E-state index in [0.717, 1.165) is 10.6 Å². The highest BCUT2D eigenvalue weighted by atomic mass is 32.2. The first-order chi connectivity index (χ1) is 10.0. The van der Waals surface area contributed by atoms with E-state index in [-0.39, 0.29) is 6.04 Å². The molecule has 0 spiro atoms. The molecular formula is C16H22N2O2S. The first-order valence-electron chi connectivity index (χ1n) is 7.02. The Hall–Kier alpha value is -1.46. The number of hydrogen-bond donors (Lipinski definition) is 1. The lowest BCUT2D eigenvalue weighted by Gasteiger charge is -2.17. The molecule has 0 aliphatic rings. The van der Waals surface area contributed by atoms with Gasteiger partial charge in [0.25, 0.3) is 0 Å². The Kier molecular flexibility index (Phi) is 5.31. The van der Waals surface area contributed by atoms with Crippen LogP contribution in [0.15, 0.2) is 35.4 Å². The molecule has 0 aliphatic carbocycles. The van der Waals surface area contributed by atoms with Crippen LogP contribution in [0, 0.1) is 6.92 Å². The second-order valence-corrected chi connectivity index (χ2v) is 6.37. The van der Waals surface area contributed by atoms with Crippen LogP contribution in [0.25, 0.3) is 0 Å². The van der Waals surface area contributed by atoms with Crippen molar-refractivity contribution in [3.05, 3.63) is 41.7 Å². The third-order valence-corrected chi connectivity index (χ3v) is 4.29. The molecule has 1 heterocycles. The van der Waals surface area contributed by atoms with Gasteiger partial charge >= 0.3 is 0 Å². The zero-order valence-corrected chi connectivity index (χ0v) is 13.7. The summed E-state index contributed by atoms with van der Waals surface area (Å²) in [5.41, 5.74) is 1.96. The highest BCUT2D eigenvalue weighted by Gasteiger charge is 2.21. The van der Waals surface area contributed by atoms with E-state index in [1.165, 1.54) is 5.56 Å². The van der Waals surface area contributed by atoms with Crippen molar-refractivity contribution in [1.29, 1.82) is 0 Å². The Labute approximate surface area is 130 Å². The fourth-order valence-electron chi connectivity index (χ4n) is 2.20. The van der Waals surface area contributed by atoms with Crippen molar-refractivity contribution >= 4 is 11.8 Å². The van der Waals surface area contributed by atoms with Gasteiger partial charge in [-0.2, -0.15) is 5.10 Å². The highest BCUT2D eigenvalue weighted by Crippen LogP contribution is 2.31. The normalized spacial score (nSPS) is 12.7. The lowest BCUT2D eigenvalue weighted by atomic mass is 10.2. The summed E-state index contributed by atoms with van der Waals surface area (Å²) in [5.74, 6) is 1.21. The standard InChI is InChI=1S/C16H22N2O2S/c1-11(2)18-16(15(20-4)9-17-18)14(19)10-21-13-7-5-6-12(3)8-13/h5-9,11,14,19H,10H2,1-4H3. The minimum absolute atomic E-state index is 0.183. The molecule has 21 heavy (non-hydrogen) atoms. The smallest absolute Gasteiger partial charge is 0.162 e. The molecule has 1 aromatic heterocycles. The van der Waals surface area contributed by atoms with Gasteiger partial charge in [0.05, 0.1) is 13.3 Å². The van der Waals surface area contributed by atoms with Crippen molar-refractivity contribution in [3.63, 3.8) is 0 Å². The predicted molar refractivity (Wildman–Crippen MR) is 86.0 cm³/mol. The third-order valence-electron chi connectivity index (χ3n) is 3.22. The number of aromatic nitrogens is 2. The van der Waals surface area contributed by atoms with E-state index in [4.69, 9.17) is 4.74 Å². The molecule has 2 aromatic rings. The molecule has 1 aromatic carbocycles. The Bertz CT molecular complexity index is 596. The quantitative estimate of drug-likeness (QED) is 0.828. The minimum atomic E-state index is -0.615. The predicted octanol–water partition coefficient (Wildman–Crippen LogP) is 3.61. The van der Waals surface area contributed by atoms with Gasteiger partial charge < -0.3 is 9.84 Å². The molecule has 1 unspecified atom stereocenters. The van der Waals surface area contributed by atoms with E-state index in [1.807, 2.05) is 24.6 Å². The van der Waals surface area contributed by atoms with E-state index >= 15 is 0 Å². The molecule has 0 saturated heterocycles. The van der Waals surface area contributed by atoms with E-state index in [0.29, 0.717) is 11.5 Å². The summed E-state index contributed by atoms with van der Waals surface area (Å²) in [5, 5.41) is 14.8. The second-order valence-electron chi connectivity index (χ2n) is 5.28. The monoisotopic (exact) mass is 306 g/mol. The van der Waals surface area contributed by atoms with Crippen molar-refractivity contribution < 1.29 is 9.84 Å². The van der Waals surface area contributed by atoms with Gasteiger partial charge in [-0.3, -0.25) is 4.68 Å². The number of aliphatic hydroxyl groups is 1. The van der Waals surface area contributed by atoms with Crippen LogP contribution in [-0.2, 0) is 0 Å². The van der Waals surface area contributed by atoms with E-state index < -0.39 is 6.10 Å². The molecule has 0 radical (unpaired) electrons. The molecule has 114 valence electrons. The molecule has 0 amide bonds. The van der Waals surface area contributed by atoms with Crippen molar-refractivity contribution in [2.75, 3.05) is 12.9 Å². The van der Waals surface area contributed by atoms with Crippen LogP contribution < -0.4 is 4.74 Å². The number of hydrogen-bond acceptors (Lipinski definition) is 4. The van der Waals surface area contributed by atoms with Crippen molar-refractivity contribution in [2.24, 2.45) is 0 Å².